The summed E-state index contributed by atoms with van der Waals surface area (Å²) < 4.78 is 0. The van der Waals surface area contributed by atoms with E-state index in [9.17, 15) is 0 Å². The van der Waals surface area contributed by atoms with Crippen molar-refractivity contribution in [3.05, 3.63) is 103 Å². The highest BCUT2D eigenvalue weighted by Gasteiger charge is 2.09. The van der Waals surface area contributed by atoms with E-state index in [1.807, 2.05) is 36.5 Å². The van der Waals surface area contributed by atoms with E-state index in [2.05, 4.69) is 76.7 Å². The zero-order chi connectivity index (χ0) is 18.1. The molecule has 0 spiro atoms. The molecule has 0 bridgehead atoms. The third kappa shape index (κ3) is 2.91. The van der Waals surface area contributed by atoms with E-state index in [1.165, 1.54) is 27.1 Å². The van der Waals surface area contributed by atoms with Crippen LogP contribution >= 0.6 is 0 Å². The Bertz CT molecular complexity index is 1260. The molecule has 0 saturated heterocycles. The second-order valence-corrected chi connectivity index (χ2v) is 6.61. The van der Waals surface area contributed by atoms with E-state index < -0.39 is 0 Å². The van der Waals surface area contributed by atoms with Gasteiger partial charge in [-0.2, -0.15) is 0 Å². The number of hydrogen-bond acceptors (Lipinski definition) is 1. The van der Waals surface area contributed by atoms with Gasteiger partial charge >= 0.3 is 0 Å². The number of nitrogens with one attached hydrogen (secondary N) is 1. The average Bonchev–Trinajstić information content (AvgIpc) is 3.21. The fraction of sp³-hybridized carbons (Fsp3) is 0. The zero-order valence-electron chi connectivity index (χ0n) is 14.8. The van der Waals surface area contributed by atoms with Crippen molar-refractivity contribution >= 4 is 33.4 Å². The molecule has 0 unspecified atom stereocenters. The smallest absolute Gasteiger partial charge is 0.0630 e. The quantitative estimate of drug-likeness (QED) is 0.277. The number of rotatable bonds is 3. The van der Waals surface area contributed by atoms with Crippen molar-refractivity contribution in [1.82, 2.24) is 4.98 Å². The predicted molar refractivity (Wildman–Crippen MR) is 115 cm³/mol. The largest absolute Gasteiger partial charge is 0.354 e. The molecule has 1 aromatic heterocycles. The summed E-state index contributed by atoms with van der Waals surface area (Å²) in [5.41, 5.74) is 4.26. The minimum Gasteiger partial charge on any atom is -0.354 e. The number of aromatic nitrogens is 1. The number of aliphatic imine (C=N–C) groups is 1. The van der Waals surface area contributed by atoms with Crippen LogP contribution in [0.1, 0.15) is 5.69 Å². The van der Waals surface area contributed by atoms with Gasteiger partial charge in [-0.3, -0.25) is 4.99 Å². The monoisotopic (exact) mass is 346 g/mol. The van der Waals surface area contributed by atoms with Crippen LogP contribution in [0.2, 0.25) is 0 Å². The Morgan fingerprint density at radius 1 is 0.630 bits per heavy atom. The third-order valence-electron chi connectivity index (χ3n) is 4.88. The number of para-hydroxylation sites is 1. The summed E-state index contributed by atoms with van der Waals surface area (Å²) in [6, 6.07) is 33.6. The minimum atomic E-state index is 0.949. The summed E-state index contributed by atoms with van der Waals surface area (Å²) >= 11 is 0. The van der Waals surface area contributed by atoms with Crippen LogP contribution in [0.15, 0.2) is 102 Å². The highest BCUT2D eigenvalue weighted by Crippen LogP contribution is 2.34. The third-order valence-corrected chi connectivity index (χ3v) is 4.88. The average molecular weight is 346 g/mol. The first-order chi connectivity index (χ1) is 13.4. The lowest BCUT2D eigenvalue weighted by atomic mass is 9.96. The van der Waals surface area contributed by atoms with Crippen molar-refractivity contribution in [2.45, 2.75) is 0 Å². The van der Waals surface area contributed by atoms with Crippen LogP contribution in [0.25, 0.3) is 32.8 Å². The van der Waals surface area contributed by atoms with Gasteiger partial charge in [0.2, 0.25) is 0 Å². The Labute approximate surface area is 157 Å². The Balaban J connectivity index is 1.61. The molecule has 0 atom stereocenters. The molecule has 1 N–H and O–H groups in total. The molecule has 1 heterocycles. The van der Waals surface area contributed by atoms with Gasteiger partial charge in [-0.25, -0.2) is 0 Å². The van der Waals surface area contributed by atoms with Crippen LogP contribution in [-0.2, 0) is 0 Å². The summed E-state index contributed by atoms with van der Waals surface area (Å²) in [6.45, 7) is 0. The van der Waals surface area contributed by atoms with Gasteiger partial charge in [-0.05, 0) is 51.9 Å². The van der Waals surface area contributed by atoms with Gasteiger partial charge in [0.1, 0.15) is 0 Å². The molecule has 2 heteroatoms. The van der Waals surface area contributed by atoms with E-state index in [0.29, 0.717) is 0 Å². The SMILES string of the molecule is C(=N\c1ccccc1)/c1ccc(-c2cc3ccccc3c3ccccc23)[nH]1. The molecule has 5 aromatic rings. The number of aromatic amines is 1. The topological polar surface area (TPSA) is 28.1 Å². The highest BCUT2D eigenvalue weighted by atomic mass is 14.8. The Hall–Kier alpha value is -3.65. The van der Waals surface area contributed by atoms with Gasteiger partial charge in [0.05, 0.1) is 17.6 Å². The lowest BCUT2D eigenvalue weighted by molar-refractivity contribution is 1.38. The second-order valence-electron chi connectivity index (χ2n) is 6.61. The van der Waals surface area contributed by atoms with Crippen molar-refractivity contribution < 1.29 is 0 Å². The number of nitrogens with zero attached hydrogens (tertiary/aromatic N) is 1. The van der Waals surface area contributed by atoms with Crippen molar-refractivity contribution in [3.8, 4) is 11.3 Å². The van der Waals surface area contributed by atoms with Crippen molar-refractivity contribution in [2.75, 3.05) is 0 Å². The fourth-order valence-electron chi connectivity index (χ4n) is 3.58. The molecule has 128 valence electrons. The van der Waals surface area contributed by atoms with Gasteiger partial charge in [-0.1, -0.05) is 66.7 Å². The van der Waals surface area contributed by atoms with Crippen LogP contribution in [0.4, 0.5) is 5.69 Å². The lowest BCUT2D eigenvalue weighted by Gasteiger charge is -2.09. The van der Waals surface area contributed by atoms with Crippen LogP contribution in [0, 0.1) is 0 Å². The predicted octanol–water partition coefficient (Wildman–Crippen LogP) is 6.74. The molecular formula is C25H18N2. The molecule has 0 fully saturated rings. The molecule has 5 rings (SSSR count). The first-order valence-corrected chi connectivity index (χ1v) is 9.07. The maximum Gasteiger partial charge on any atom is 0.0630 e. The van der Waals surface area contributed by atoms with Crippen LogP contribution in [0.5, 0.6) is 0 Å². The van der Waals surface area contributed by atoms with Crippen LogP contribution in [-0.4, -0.2) is 11.2 Å². The summed E-state index contributed by atoms with van der Waals surface area (Å²) in [7, 11) is 0. The fourth-order valence-corrected chi connectivity index (χ4v) is 3.58. The molecule has 0 aliphatic heterocycles. The summed E-state index contributed by atoms with van der Waals surface area (Å²) in [4.78, 5) is 8.05. The second kappa shape index (κ2) is 6.58. The summed E-state index contributed by atoms with van der Waals surface area (Å²) in [5, 5.41) is 5.07. The van der Waals surface area contributed by atoms with E-state index in [-0.39, 0.29) is 0 Å². The van der Waals surface area contributed by atoms with Gasteiger partial charge < -0.3 is 4.98 Å². The molecule has 0 aliphatic carbocycles. The number of fused-ring (bicyclic) bond motifs is 3. The lowest BCUT2D eigenvalue weighted by Crippen LogP contribution is -1.86. The maximum absolute atomic E-state index is 4.54. The molecule has 2 nitrogen and oxygen atoms in total. The van der Waals surface area contributed by atoms with Crippen molar-refractivity contribution in [3.63, 3.8) is 0 Å². The normalized spacial score (nSPS) is 11.6. The number of benzene rings is 4. The van der Waals surface area contributed by atoms with Crippen LogP contribution < -0.4 is 0 Å². The van der Waals surface area contributed by atoms with E-state index in [0.717, 1.165) is 17.1 Å². The molecule has 0 aliphatic rings. The van der Waals surface area contributed by atoms with Gasteiger partial charge in [0.15, 0.2) is 0 Å². The zero-order valence-corrected chi connectivity index (χ0v) is 14.8. The Kier molecular flexibility index (Phi) is 3.80. The highest BCUT2D eigenvalue weighted by molar-refractivity contribution is 6.13. The first-order valence-electron chi connectivity index (χ1n) is 9.07. The van der Waals surface area contributed by atoms with E-state index in [1.54, 1.807) is 0 Å². The molecular weight excluding hydrogens is 328 g/mol. The maximum atomic E-state index is 4.54. The van der Waals surface area contributed by atoms with Gasteiger partial charge in [0.25, 0.3) is 0 Å². The Morgan fingerprint density at radius 2 is 1.33 bits per heavy atom. The molecule has 27 heavy (non-hydrogen) atoms. The van der Waals surface area contributed by atoms with Crippen LogP contribution in [0.3, 0.4) is 0 Å². The van der Waals surface area contributed by atoms with E-state index in [4.69, 9.17) is 0 Å². The van der Waals surface area contributed by atoms with Crippen molar-refractivity contribution in [1.29, 1.82) is 0 Å². The minimum absolute atomic E-state index is 0.949. The number of hydrogen-bond donors (Lipinski definition) is 1. The Morgan fingerprint density at radius 3 is 2.19 bits per heavy atom. The van der Waals surface area contributed by atoms with Crippen molar-refractivity contribution in [2.24, 2.45) is 4.99 Å². The summed E-state index contributed by atoms with van der Waals surface area (Å²) in [5.74, 6) is 0. The molecule has 4 aromatic carbocycles. The van der Waals surface area contributed by atoms with E-state index >= 15 is 0 Å². The van der Waals surface area contributed by atoms with Gasteiger partial charge in [0, 0.05) is 11.3 Å². The molecule has 0 amide bonds. The summed E-state index contributed by atoms with van der Waals surface area (Å²) in [6.07, 6.45) is 1.88. The van der Waals surface area contributed by atoms with Gasteiger partial charge in [-0.15, -0.1) is 0 Å². The molecule has 0 saturated carbocycles. The number of H-pyrrole nitrogens is 1. The first kappa shape index (κ1) is 15.6. The molecule has 0 radical (unpaired) electrons. The standard InChI is InChI=1S/C25H18N2/c1-2-9-19(10-3-1)26-17-20-14-15-25(27-20)24-16-18-8-4-5-11-21(18)22-12-6-7-13-23(22)24/h1-17,27H/b26-17+.